The third kappa shape index (κ3) is 4.60. The van der Waals surface area contributed by atoms with E-state index in [1.54, 1.807) is 20.0 Å². The average Bonchev–Trinajstić information content (AvgIpc) is 3.30. The summed E-state index contributed by atoms with van der Waals surface area (Å²) < 4.78 is 33.2. The van der Waals surface area contributed by atoms with Crippen LogP contribution in [0.15, 0.2) is 30.5 Å². The van der Waals surface area contributed by atoms with Crippen molar-refractivity contribution < 1.29 is 23.1 Å². The number of imidazole rings is 1. The number of H-pyrrole nitrogens is 1. The van der Waals surface area contributed by atoms with Gasteiger partial charge in [-0.15, -0.1) is 0 Å². The Morgan fingerprint density at radius 3 is 2.57 bits per heavy atom. The highest BCUT2D eigenvalue weighted by Gasteiger charge is 2.50. The molecule has 0 spiro atoms. The maximum atomic E-state index is 14.3. The highest BCUT2D eigenvalue weighted by Crippen LogP contribution is 2.41. The molecule has 162 valence electrons. The Balaban J connectivity index is 1.88. The maximum absolute atomic E-state index is 14.3. The number of alkyl carbamates (subject to hydrolysis) is 1. The second-order valence-electron chi connectivity index (χ2n) is 7.95. The van der Waals surface area contributed by atoms with Crippen LogP contribution in [0.4, 0.5) is 13.6 Å². The lowest BCUT2D eigenvalue weighted by molar-refractivity contribution is -0.136. The number of aromatic amines is 1. The van der Waals surface area contributed by atoms with Gasteiger partial charge in [0.05, 0.1) is 31.6 Å². The van der Waals surface area contributed by atoms with Crippen molar-refractivity contribution in [1.29, 1.82) is 0 Å². The first-order valence-electron chi connectivity index (χ1n) is 9.76. The van der Waals surface area contributed by atoms with Gasteiger partial charge in [0.1, 0.15) is 11.9 Å². The Kier molecular flexibility index (Phi) is 6.09. The van der Waals surface area contributed by atoms with E-state index in [2.05, 4.69) is 20.0 Å². The van der Waals surface area contributed by atoms with Gasteiger partial charge in [0.2, 0.25) is 5.91 Å². The van der Waals surface area contributed by atoms with Crippen molar-refractivity contribution in [3.05, 3.63) is 41.9 Å². The van der Waals surface area contributed by atoms with E-state index in [-0.39, 0.29) is 11.7 Å². The summed E-state index contributed by atoms with van der Waals surface area (Å²) in [5, 5.41) is 2.45. The average molecular weight is 420 g/mol. The zero-order valence-corrected chi connectivity index (χ0v) is 17.4. The van der Waals surface area contributed by atoms with Crippen molar-refractivity contribution in [1.82, 2.24) is 20.2 Å². The minimum Gasteiger partial charge on any atom is -0.453 e. The van der Waals surface area contributed by atoms with Gasteiger partial charge >= 0.3 is 6.09 Å². The van der Waals surface area contributed by atoms with Crippen molar-refractivity contribution in [2.24, 2.45) is 5.92 Å². The van der Waals surface area contributed by atoms with Gasteiger partial charge in [-0.3, -0.25) is 4.79 Å². The van der Waals surface area contributed by atoms with Crippen LogP contribution in [0, 0.1) is 12.8 Å². The number of aromatic nitrogens is 2. The Hall–Kier alpha value is -2.97. The lowest BCUT2D eigenvalue weighted by Gasteiger charge is -2.29. The topological polar surface area (TPSA) is 87.3 Å². The number of halogens is 2. The van der Waals surface area contributed by atoms with Gasteiger partial charge in [-0.2, -0.15) is 0 Å². The van der Waals surface area contributed by atoms with Crippen LogP contribution in [-0.2, 0) is 9.53 Å². The van der Waals surface area contributed by atoms with Crippen LogP contribution in [0.2, 0.25) is 0 Å². The van der Waals surface area contributed by atoms with E-state index in [1.165, 1.54) is 7.11 Å². The maximum Gasteiger partial charge on any atom is 0.407 e. The lowest BCUT2D eigenvalue weighted by atomic mass is 10.0. The predicted molar refractivity (Wildman–Crippen MR) is 107 cm³/mol. The van der Waals surface area contributed by atoms with Crippen LogP contribution < -0.4 is 5.32 Å². The first kappa shape index (κ1) is 21.7. The largest absolute Gasteiger partial charge is 0.453 e. The van der Waals surface area contributed by atoms with E-state index >= 15 is 0 Å². The van der Waals surface area contributed by atoms with Gasteiger partial charge in [-0.05, 0) is 18.4 Å². The molecule has 3 rings (SSSR count). The number of rotatable bonds is 5. The Morgan fingerprint density at radius 1 is 1.30 bits per heavy atom. The SMILES string of the molecule is COC(=O)N[C@H](C(=O)N1CC(F)(F)C[C@H]1c1ncc(-c2ccc(C)cc2)[nH]1)C(C)C. The summed E-state index contributed by atoms with van der Waals surface area (Å²) in [6.45, 7) is 4.69. The quantitative estimate of drug-likeness (QED) is 0.773. The highest BCUT2D eigenvalue weighted by atomic mass is 19.3. The van der Waals surface area contributed by atoms with E-state index < -0.39 is 43.0 Å². The summed E-state index contributed by atoms with van der Waals surface area (Å²) in [6.07, 6.45) is 0.248. The summed E-state index contributed by atoms with van der Waals surface area (Å²) >= 11 is 0. The molecule has 1 saturated heterocycles. The number of likely N-dealkylation sites (tertiary alicyclic amines) is 1. The molecule has 9 heteroatoms. The van der Waals surface area contributed by atoms with E-state index in [0.29, 0.717) is 5.69 Å². The molecule has 30 heavy (non-hydrogen) atoms. The molecule has 1 aromatic heterocycles. The second-order valence-corrected chi connectivity index (χ2v) is 7.95. The van der Waals surface area contributed by atoms with Gasteiger partial charge in [-0.1, -0.05) is 43.7 Å². The molecule has 2 N–H and O–H groups in total. The smallest absolute Gasteiger partial charge is 0.407 e. The van der Waals surface area contributed by atoms with E-state index in [4.69, 9.17) is 0 Å². The molecule has 0 radical (unpaired) electrons. The van der Waals surface area contributed by atoms with Crippen molar-refractivity contribution in [3.63, 3.8) is 0 Å². The van der Waals surface area contributed by atoms with Crippen LogP contribution in [0.25, 0.3) is 11.3 Å². The van der Waals surface area contributed by atoms with Gasteiger partial charge in [-0.25, -0.2) is 18.6 Å². The zero-order chi connectivity index (χ0) is 22.1. The second kappa shape index (κ2) is 8.41. The number of nitrogens with zero attached hydrogens (tertiary/aromatic N) is 2. The molecule has 0 aliphatic carbocycles. The molecule has 2 amide bonds. The van der Waals surface area contributed by atoms with Crippen LogP contribution >= 0.6 is 0 Å². The molecule has 1 aliphatic heterocycles. The van der Waals surface area contributed by atoms with Crippen molar-refractivity contribution in [3.8, 4) is 11.3 Å². The monoisotopic (exact) mass is 420 g/mol. The lowest BCUT2D eigenvalue weighted by Crippen LogP contribution is -2.51. The van der Waals surface area contributed by atoms with Crippen LogP contribution in [-0.4, -0.2) is 52.5 Å². The molecule has 2 aromatic rings. The summed E-state index contributed by atoms with van der Waals surface area (Å²) in [6, 6.07) is 5.80. The van der Waals surface area contributed by atoms with Gasteiger partial charge in [0, 0.05) is 6.42 Å². The number of amides is 2. The number of aryl methyl sites for hydroxylation is 1. The zero-order valence-electron chi connectivity index (χ0n) is 17.4. The first-order valence-corrected chi connectivity index (χ1v) is 9.76. The fourth-order valence-corrected chi connectivity index (χ4v) is 3.56. The number of carbonyl (C=O) groups is 2. The molecule has 1 aliphatic rings. The minimum absolute atomic E-state index is 0.289. The molecule has 0 unspecified atom stereocenters. The van der Waals surface area contributed by atoms with Crippen LogP contribution in [0.3, 0.4) is 0 Å². The third-order valence-corrected chi connectivity index (χ3v) is 5.22. The summed E-state index contributed by atoms with van der Waals surface area (Å²) in [7, 11) is 1.18. The number of nitrogens with one attached hydrogen (secondary N) is 2. The van der Waals surface area contributed by atoms with Gasteiger partial charge in [0.15, 0.2) is 0 Å². The minimum atomic E-state index is -3.05. The van der Waals surface area contributed by atoms with Gasteiger partial charge in [0.25, 0.3) is 5.92 Å². The van der Waals surface area contributed by atoms with Crippen molar-refractivity contribution in [2.45, 2.75) is 45.2 Å². The number of hydrogen-bond donors (Lipinski definition) is 2. The molecular formula is C21H26F2N4O3. The van der Waals surface area contributed by atoms with Gasteiger partial charge < -0.3 is 19.9 Å². The predicted octanol–water partition coefficient (Wildman–Crippen LogP) is 3.67. The molecule has 7 nitrogen and oxygen atoms in total. The van der Waals surface area contributed by atoms with Crippen LogP contribution in [0.1, 0.15) is 37.7 Å². The Labute approximate surface area is 173 Å². The van der Waals surface area contributed by atoms with E-state index in [1.807, 2.05) is 31.2 Å². The highest BCUT2D eigenvalue weighted by molar-refractivity contribution is 5.86. The van der Waals surface area contributed by atoms with Crippen molar-refractivity contribution >= 4 is 12.0 Å². The number of carbonyl (C=O) groups excluding carboxylic acids is 2. The number of alkyl halides is 2. The summed E-state index contributed by atoms with van der Waals surface area (Å²) in [4.78, 5) is 33.2. The molecule has 0 bridgehead atoms. The fourth-order valence-electron chi connectivity index (χ4n) is 3.56. The Morgan fingerprint density at radius 2 is 1.97 bits per heavy atom. The molecule has 0 saturated carbocycles. The summed E-state index contributed by atoms with van der Waals surface area (Å²) in [5.41, 5.74) is 2.65. The molecule has 2 heterocycles. The molecule has 1 aromatic carbocycles. The standard InChI is InChI=1S/C21H26F2N4O3/c1-12(2)17(26-20(29)30-4)19(28)27-11-21(22,23)9-16(27)18-24-10-15(25-18)14-7-5-13(3)6-8-14/h5-8,10,12,16-17H,9,11H2,1-4H3,(H,24,25)(H,26,29)/t16-,17-/m0/s1. The van der Waals surface area contributed by atoms with E-state index in [0.717, 1.165) is 16.0 Å². The Bertz CT molecular complexity index is 911. The number of ether oxygens (including phenoxy) is 1. The third-order valence-electron chi connectivity index (χ3n) is 5.22. The summed E-state index contributed by atoms with van der Waals surface area (Å²) in [5.74, 6) is -3.67. The number of hydrogen-bond acceptors (Lipinski definition) is 4. The molecule has 2 atom stereocenters. The van der Waals surface area contributed by atoms with E-state index in [9.17, 15) is 18.4 Å². The van der Waals surface area contributed by atoms with Crippen LogP contribution in [0.5, 0.6) is 0 Å². The number of benzene rings is 1. The molecule has 1 fully saturated rings. The fraction of sp³-hybridized carbons (Fsp3) is 0.476. The normalized spacial score (nSPS) is 19.0. The molecular weight excluding hydrogens is 394 g/mol. The van der Waals surface area contributed by atoms with Crippen molar-refractivity contribution in [2.75, 3.05) is 13.7 Å². The first-order chi connectivity index (χ1) is 14.1. The number of methoxy groups -OCH3 is 1.